The van der Waals surface area contributed by atoms with Crippen molar-refractivity contribution in [3.63, 3.8) is 0 Å². The summed E-state index contributed by atoms with van der Waals surface area (Å²) < 4.78 is 56.5. The van der Waals surface area contributed by atoms with Crippen LogP contribution < -0.4 is 22.1 Å². The molecule has 0 saturated heterocycles. The van der Waals surface area contributed by atoms with Crippen molar-refractivity contribution in [3.8, 4) is 5.75 Å². The van der Waals surface area contributed by atoms with Crippen LogP contribution in [0.4, 0.5) is 0 Å². The Hall–Kier alpha value is -2.71. The third-order valence-electron chi connectivity index (χ3n) is 5.33. The number of nitrogens with zero attached hydrogens (tertiary/aromatic N) is 1. The Labute approximate surface area is 229 Å². The molecule has 2 heterocycles. The molecule has 0 aliphatic carbocycles. The fraction of sp³-hybridized carbons (Fsp3) is 0.435. The van der Waals surface area contributed by atoms with Crippen LogP contribution in [0.3, 0.4) is 0 Å². The molecule has 1 aliphatic rings. The molecule has 5 N–H and O–H groups in total. The molecule has 2 unspecified atom stereocenters. The molecule has 0 saturated carbocycles. The molecular weight excluding hydrogens is 572 g/mol. The smallest absolute Gasteiger partial charge is 0.427 e. The second kappa shape index (κ2) is 14.8. The minimum absolute atomic E-state index is 0. The number of esters is 1. The van der Waals surface area contributed by atoms with Crippen LogP contribution >= 0.6 is 15.6 Å². The van der Waals surface area contributed by atoms with Crippen molar-refractivity contribution in [2.75, 3.05) is 13.7 Å². The van der Waals surface area contributed by atoms with Crippen LogP contribution in [-0.2, 0) is 43.2 Å². The molecule has 3 rings (SSSR count). The first-order valence-electron chi connectivity index (χ1n) is 11.9. The maximum Gasteiger partial charge on any atom is 0.483 e. The lowest BCUT2D eigenvalue weighted by Crippen LogP contribution is -2.33. The molecule has 15 nitrogen and oxygen atoms in total. The highest BCUT2D eigenvalue weighted by Crippen LogP contribution is 2.63. The summed E-state index contributed by atoms with van der Waals surface area (Å²) in [6.45, 7) is 2.66. The highest BCUT2D eigenvalue weighted by molar-refractivity contribution is 7.61. The van der Waals surface area contributed by atoms with Crippen LogP contribution in [0.2, 0.25) is 0 Å². The average Bonchev–Trinajstić information content (AvgIpc) is 3.37. The van der Waals surface area contributed by atoms with Crippen molar-refractivity contribution in [1.29, 1.82) is 0 Å². The molecule has 2 aromatic rings. The lowest BCUT2D eigenvalue weighted by molar-refractivity contribution is -0.134. The number of phosphoric acid groups is 2. The summed E-state index contributed by atoms with van der Waals surface area (Å²) in [5.74, 6) is -0.0310. The molecule has 1 aliphatic heterocycles. The van der Waals surface area contributed by atoms with Crippen LogP contribution in [-0.4, -0.2) is 40.2 Å². The Kier molecular flexibility index (Phi) is 12.4. The highest BCUT2D eigenvalue weighted by Gasteiger charge is 2.38. The van der Waals surface area contributed by atoms with Gasteiger partial charge in [-0.15, -0.1) is 0 Å². The summed E-state index contributed by atoms with van der Waals surface area (Å²) in [5.41, 5.74) is -0.446. The Bertz CT molecular complexity index is 1390. The molecular formula is C23H33N3O12P2. The number of phosphoric ester groups is 2. The second-order valence-electron chi connectivity index (χ2n) is 8.40. The zero-order chi connectivity index (χ0) is 28.6. The third kappa shape index (κ3) is 9.73. The van der Waals surface area contributed by atoms with Gasteiger partial charge in [-0.3, -0.25) is 32.7 Å². The van der Waals surface area contributed by atoms with Crippen molar-refractivity contribution in [2.24, 2.45) is 0 Å². The number of ether oxygens (including phenoxy) is 2. The molecule has 4 atom stereocenters. The van der Waals surface area contributed by atoms with E-state index < -0.39 is 45.8 Å². The second-order valence-corrected chi connectivity index (χ2v) is 11.8. The number of aryl methyl sites for hydroxylation is 1. The van der Waals surface area contributed by atoms with Crippen molar-refractivity contribution < 1.29 is 46.2 Å². The Morgan fingerprint density at radius 3 is 2.50 bits per heavy atom. The number of aromatic amines is 1. The zero-order valence-corrected chi connectivity index (χ0v) is 24.0. The Balaban J connectivity index is 0.00000560. The van der Waals surface area contributed by atoms with Crippen LogP contribution in [0, 0.1) is 6.92 Å². The molecule has 17 heteroatoms. The van der Waals surface area contributed by atoms with E-state index in [4.69, 9.17) is 23.0 Å². The number of hydrogen-bond acceptors (Lipinski definition) is 12. The Morgan fingerprint density at radius 2 is 1.85 bits per heavy atom. The van der Waals surface area contributed by atoms with Crippen LogP contribution in [0.25, 0.3) is 0 Å². The average molecular weight is 605 g/mol. The molecule has 0 bridgehead atoms. The number of unbranched alkanes of at least 4 members (excludes halogenated alkanes) is 1. The van der Waals surface area contributed by atoms with Gasteiger partial charge >= 0.3 is 27.3 Å². The predicted octanol–water partition coefficient (Wildman–Crippen LogP) is 3.66. The maximum atomic E-state index is 12.8. The molecule has 1 aromatic heterocycles. The Morgan fingerprint density at radius 1 is 1.15 bits per heavy atom. The van der Waals surface area contributed by atoms with E-state index in [1.165, 1.54) is 37.4 Å². The number of carbonyl (C=O) groups is 1. The van der Waals surface area contributed by atoms with Crippen molar-refractivity contribution >= 4 is 21.6 Å². The van der Waals surface area contributed by atoms with Gasteiger partial charge in [0.25, 0.3) is 5.56 Å². The van der Waals surface area contributed by atoms with Gasteiger partial charge in [-0.1, -0.05) is 31.6 Å². The fourth-order valence-electron chi connectivity index (χ4n) is 3.26. The van der Waals surface area contributed by atoms with Gasteiger partial charge in [0.1, 0.15) is 11.9 Å². The topological polar surface area (TPSA) is 217 Å². The minimum atomic E-state index is -4.95. The van der Waals surface area contributed by atoms with E-state index in [9.17, 15) is 28.4 Å². The van der Waals surface area contributed by atoms with Gasteiger partial charge in [-0.2, -0.15) is 4.31 Å². The SMILES string of the molecule is CCCCC(=O)Oc1ccc(COP(=O)(OC)OP(=O)(O)OC[C@@H]2C=C[C@H](n3cc(C)c(=O)[nH]c3=O)O2)cc1.N. The standard InChI is InChI=1S/C23H30N2O12P2.H3N/c1-4-5-6-21(26)36-18-9-7-17(8-10-18)14-34-39(31,32-3)37-38(29,30)33-15-19-11-12-20(35-19)25-13-16(2)22(27)24-23(25)28;/h7-13,19-20H,4-6,14-15H2,1-3H3,(H,29,30)(H,24,27,28);1H3/t19-,20+,39?;/m0./s1. The largest absolute Gasteiger partial charge is 0.483 e. The first-order chi connectivity index (χ1) is 18.4. The van der Waals surface area contributed by atoms with Crippen LogP contribution in [0.15, 0.2) is 52.2 Å². The van der Waals surface area contributed by atoms with E-state index in [-0.39, 0.29) is 24.3 Å². The first kappa shape index (κ1) is 33.5. The summed E-state index contributed by atoms with van der Waals surface area (Å²) in [7, 11) is -8.52. The fourth-order valence-corrected chi connectivity index (χ4v) is 5.66. The highest BCUT2D eigenvalue weighted by atomic mass is 31.3. The van der Waals surface area contributed by atoms with Crippen molar-refractivity contribution in [3.05, 3.63) is 74.6 Å². The number of aromatic nitrogens is 2. The van der Waals surface area contributed by atoms with Gasteiger partial charge in [0.15, 0.2) is 6.23 Å². The van der Waals surface area contributed by atoms with E-state index in [2.05, 4.69) is 9.29 Å². The third-order valence-corrected chi connectivity index (χ3v) is 8.33. The lowest BCUT2D eigenvalue weighted by atomic mass is 10.2. The zero-order valence-electron chi connectivity index (χ0n) is 22.2. The number of nitrogens with one attached hydrogen (secondary N) is 1. The number of carbonyl (C=O) groups excluding carboxylic acids is 1. The number of H-pyrrole nitrogens is 1. The number of hydrogen-bond donors (Lipinski definition) is 3. The van der Waals surface area contributed by atoms with Crippen molar-refractivity contribution in [1.82, 2.24) is 15.7 Å². The molecule has 0 fully saturated rings. The van der Waals surface area contributed by atoms with E-state index in [0.29, 0.717) is 17.7 Å². The van der Waals surface area contributed by atoms with Crippen LogP contribution in [0.1, 0.15) is 43.5 Å². The molecule has 0 spiro atoms. The molecule has 222 valence electrons. The van der Waals surface area contributed by atoms with Crippen LogP contribution in [0.5, 0.6) is 5.75 Å². The van der Waals surface area contributed by atoms with Gasteiger partial charge in [0.05, 0.1) is 13.2 Å². The maximum absolute atomic E-state index is 12.8. The van der Waals surface area contributed by atoms with E-state index in [0.717, 1.165) is 24.5 Å². The molecule has 40 heavy (non-hydrogen) atoms. The van der Waals surface area contributed by atoms with E-state index in [1.54, 1.807) is 12.1 Å². The quantitative estimate of drug-likeness (QED) is 0.121. The van der Waals surface area contributed by atoms with Gasteiger partial charge in [0, 0.05) is 25.3 Å². The molecule has 0 amide bonds. The summed E-state index contributed by atoms with van der Waals surface area (Å²) in [5, 5.41) is 0. The summed E-state index contributed by atoms with van der Waals surface area (Å²) in [6, 6.07) is 6.14. The molecule has 1 aromatic carbocycles. The van der Waals surface area contributed by atoms with Crippen molar-refractivity contribution in [2.45, 2.75) is 52.0 Å². The molecule has 0 radical (unpaired) electrons. The van der Waals surface area contributed by atoms with Gasteiger partial charge in [-0.05, 0) is 37.1 Å². The monoisotopic (exact) mass is 605 g/mol. The van der Waals surface area contributed by atoms with E-state index in [1.807, 2.05) is 6.92 Å². The summed E-state index contributed by atoms with van der Waals surface area (Å²) in [6.07, 6.45) is 4.43. The predicted molar refractivity (Wildman–Crippen MR) is 142 cm³/mol. The lowest BCUT2D eigenvalue weighted by Gasteiger charge is -2.20. The first-order valence-corrected chi connectivity index (χ1v) is 14.8. The van der Waals surface area contributed by atoms with Gasteiger partial charge in [0.2, 0.25) is 0 Å². The van der Waals surface area contributed by atoms with Gasteiger partial charge < -0.3 is 20.5 Å². The summed E-state index contributed by atoms with van der Waals surface area (Å²) >= 11 is 0. The normalized spacial score (nSPS) is 19.4. The number of benzene rings is 1. The minimum Gasteiger partial charge on any atom is -0.427 e. The van der Waals surface area contributed by atoms with E-state index >= 15 is 0 Å². The van der Waals surface area contributed by atoms with Gasteiger partial charge in [-0.25, -0.2) is 13.9 Å². The number of rotatable bonds is 14. The summed E-state index contributed by atoms with van der Waals surface area (Å²) in [4.78, 5) is 47.5.